The van der Waals surface area contributed by atoms with Gasteiger partial charge in [-0.3, -0.25) is 4.90 Å². The molecule has 0 radical (unpaired) electrons. The smallest absolute Gasteiger partial charge is 0.317 e. The van der Waals surface area contributed by atoms with Gasteiger partial charge in [-0.05, 0) is 65.1 Å². The van der Waals surface area contributed by atoms with Crippen LogP contribution in [0.2, 0.25) is 0 Å². The van der Waals surface area contributed by atoms with Gasteiger partial charge in [0.1, 0.15) is 22.9 Å². The molecule has 35 heavy (non-hydrogen) atoms. The van der Waals surface area contributed by atoms with Crippen LogP contribution < -0.4 is 15.2 Å². The Balaban J connectivity index is 1.36. The fraction of sp³-hybridized carbons (Fsp3) is 0.520. The molecule has 3 aromatic rings. The number of thiophene rings is 1. The maximum atomic E-state index is 9.85. The fourth-order valence-corrected chi connectivity index (χ4v) is 7.09. The van der Waals surface area contributed by atoms with Crippen LogP contribution in [0, 0.1) is 11.3 Å². The molecule has 0 bridgehead atoms. The van der Waals surface area contributed by atoms with Gasteiger partial charge >= 0.3 is 6.01 Å². The van der Waals surface area contributed by atoms with Crippen molar-refractivity contribution in [1.82, 2.24) is 20.0 Å². The van der Waals surface area contributed by atoms with Gasteiger partial charge in [-0.15, -0.1) is 0 Å². The zero-order valence-electron chi connectivity index (χ0n) is 19.9. The third kappa shape index (κ3) is 3.48. The summed E-state index contributed by atoms with van der Waals surface area (Å²) in [6, 6.07) is 4.85. The molecule has 3 aliphatic rings. The van der Waals surface area contributed by atoms with Gasteiger partial charge < -0.3 is 19.7 Å². The SMILES string of the molecule is C[C@H](Oc1nccc(-c2noc3c2CCC[C@@]32CCOc3sc(N)c(C#N)c32)n1)[C@@H]1CCCN1C. The molecule has 3 aromatic heterocycles. The summed E-state index contributed by atoms with van der Waals surface area (Å²) < 4.78 is 18.1. The standard InChI is InChI=1S/C25H28N6O3S/c1-14(18-6-4-11-31(18)2)33-24-28-10-7-17(29-24)20-15-5-3-8-25(21(15)34-30-20)9-12-32-23-19(25)16(13-26)22(27)35-23/h7,10,14,18H,3-6,8-9,11-12,27H2,1-2H3/t14-,18-,25-/m0/s1. The number of fused-ring (bicyclic) bond motifs is 4. The molecule has 2 aliphatic heterocycles. The Morgan fingerprint density at radius 2 is 2.26 bits per heavy atom. The van der Waals surface area contributed by atoms with Crippen molar-refractivity contribution < 1.29 is 14.0 Å². The predicted octanol–water partition coefficient (Wildman–Crippen LogP) is 3.91. The minimum Gasteiger partial charge on any atom is -0.484 e. The van der Waals surface area contributed by atoms with E-state index in [-0.39, 0.29) is 6.10 Å². The Hall–Kier alpha value is -3.16. The molecule has 0 unspecified atom stereocenters. The Morgan fingerprint density at radius 1 is 1.37 bits per heavy atom. The number of nitrogens with two attached hydrogens (primary N) is 1. The van der Waals surface area contributed by atoms with Crippen LogP contribution in [-0.4, -0.2) is 52.4 Å². The lowest BCUT2D eigenvalue weighted by Crippen LogP contribution is -2.38. The van der Waals surface area contributed by atoms with Gasteiger partial charge in [-0.1, -0.05) is 16.5 Å². The second kappa shape index (κ2) is 8.50. The van der Waals surface area contributed by atoms with Crippen LogP contribution in [-0.2, 0) is 11.8 Å². The molecule has 3 atom stereocenters. The van der Waals surface area contributed by atoms with E-state index >= 15 is 0 Å². The normalized spacial score (nSPS) is 24.4. The van der Waals surface area contributed by atoms with Crippen LogP contribution in [0.5, 0.6) is 11.1 Å². The minimum absolute atomic E-state index is 0.0126. The highest BCUT2D eigenvalue weighted by atomic mass is 32.1. The van der Waals surface area contributed by atoms with E-state index in [1.807, 2.05) is 6.07 Å². The number of likely N-dealkylation sites (N-methyl/N-ethyl adjacent to an activating group) is 1. The summed E-state index contributed by atoms with van der Waals surface area (Å²) in [6.45, 7) is 3.71. The Labute approximate surface area is 207 Å². The Bertz CT molecular complexity index is 1310. The zero-order chi connectivity index (χ0) is 24.2. The number of rotatable bonds is 4. The van der Waals surface area contributed by atoms with Crippen LogP contribution in [0.4, 0.5) is 5.00 Å². The number of nitrogen functional groups attached to an aromatic ring is 1. The molecule has 5 heterocycles. The maximum absolute atomic E-state index is 9.85. The number of likely N-dealkylation sites (tertiary alicyclic amines) is 1. The Kier molecular flexibility index (Phi) is 5.42. The number of anilines is 1. The van der Waals surface area contributed by atoms with E-state index in [1.165, 1.54) is 17.8 Å². The van der Waals surface area contributed by atoms with Crippen molar-refractivity contribution in [3.63, 3.8) is 0 Å². The topological polar surface area (TPSA) is 123 Å². The van der Waals surface area contributed by atoms with Gasteiger partial charge in [0.2, 0.25) is 0 Å². The first kappa shape index (κ1) is 22.3. The van der Waals surface area contributed by atoms with Crippen LogP contribution in [0.1, 0.15) is 61.5 Å². The highest BCUT2D eigenvalue weighted by molar-refractivity contribution is 7.18. The van der Waals surface area contributed by atoms with E-state index in [1.54, 1.807) is 6.20 Å². The zero-order valence-corrected chi connectivity index (χ0v) is 20.7. The van der Waals surface area contributed by atoms with E-state index < -0.39 is 5.41 Å². The van der Waals surface area contributed by atoms with E-state index in [0.717, 1.165) is 60.6 Å². The monoisotopic (exact) mass is 492 g/mol. The van der Waals surface area contributed by atoms with E-state index in [4.69, 9.17) is 24.7 Å². The highest BCUT2D eigenvalue weighted by Crippen LogP contribution is 2.56. The van der Waals surface area contributed by atoms with Gasteiger partial charge in [0, 0.05) is 23.4 Å². The molecular weight excluding hydrogens is 464 g/mol. The largest absolute Gasteiger partial charge is 0.484 e. The predicted molar refractivity (Wildman–Crippen MR) is 131 cm³/mol. The van der Waals surface area contributed by atoms with Gasteiger partial charge in [0.25, 0.3) is 0 Å². The highest BCUT2D eigenvalue weighted by Gasteiger charge is 2.49. The lowest BCUT2D eigenvalue weighted by atomic mass is 9.66. The first-order valence-corrected chi connectivity index (χ1v) is 13.0. The summed E-state index contributed by atoms with van der Waals surface area (Å²) >= 11 is 1.34. The summed E-state index contributed by atoms with van der Waals surface area (Å²) in [6.07, 6.45) is 7.34. The van der Waals surface area contributed by atoms with Crippen molar-refractivity contribution >= 4 is 16.3 Å². The van der Waals surface area contributed by atoms with Crippen LogP contribution in [0.3, 0.4) is 0 Å². The van der Waals surface area contributed by atoms with Crippen molar-refractivity contribution in [2.75, 3.05) is 25.9 Å². The molecule has 0 amide bonds. The lowest BCUT2D eigenvalue weighted by molar-refractivity contribution is 0.112. The molecular formula is C25H28N6O3S. The molecule has 1 spiro atoms. The number of hydrogen-bond acceptors (Lipinski definition) is 10. The number of nitrogens with zero attached hydrogens (tertiary/aromatic N) is 5. The summed E-state index contributed by atoms with van der Waals surface area (Å²) in [5.41, 5.74) is 9.51. The third-order valence-corrected chi connectivity index (χ3v) is 8.73. The van der Waals surface area contributed by atoms with E-state index in [2.05, 4.69) is 35.1 Å². The van der Waals surface area contributed by atoms with Crippen LogP contribution in [0.15, 0.2) is 16.8 Å². The maximum Gasteiger partial charge on any atom is 0.317 e. The molecule has 182 valence electrons. The van der Waals surface area contributed by atoms with Crippen LogP contribution in [0.25, 0.3) is 11.4 Å². The quantitative estimate of drug-likeness (QED) is 0.577. The van der Waals surface area contributed by atoms with E-state index in [9.17, 15) is 5.26 Å². The number of hydrogen-bond donors (Lipinski definition) is 1. The van der Waals surface area contributed by atoms with Gasteiger partial charge in [0.15, 0.2) is 10.8 Å². The summed E-state index contributed by atoms with van der Waals surface area (Å²) in [5.74, 6) is 0.805. The van der Waals surface area contributed by atoms with E-state index in [0.29, 0.717) is 40.6 Å². The van der Waals surface area contributed by atoms with Crippen molar-refractivity contribution in [1.29, 1.82) is 5.26 Å². The third-order valence-electron chi connectivity index (χ3n) is 7.79. The molecule has 2 N–H and O–H groups in total. The number of aromatic nitrogens is 3. The van der Waals surface area contributed by atoms with Gasteiger partial charge in [-0.2, -0.15) is 10.2 Å². The number of nitriles is 1. The van der Waals surface area contributed by atoms with Crippen LogP contribution >= 0.6 is 11.3 Å². The molecule has 0 aromatic carbocycles. The minimum atomic E-state index is -0.459. The van der Waals surface area contributed by atoms with Gasteiger partial charge in [0.05, 0.1) is 23.3 Å². The molecule has 6 rings (SSSR count). The van der Waals surface area contributed by atoms with Crippen molar-refractivity contribution in [2.24, 2.45) is 0 Å². The molecule has 0 saturated carbocycles. The second-order valence-corrected chi connectivity index (χ2v) is 10.7. The molecule has 1 saturated heterocycles. The lowest BCUT2D eigenvalue weighted by Gasteiger charge is -2.38. The van der Waals surface area contributed by atoms with Crippen molar-refractivity contribution in [2.45, 2.75) is 63.0 Å². The molecule has 10 heteroatoms. The van der Waals surface area contributed by atoms with Gasteiger partial charge in [-0.25, -0.2) is 4.98 Å². The average Bonchev–Trinajstić information content (AvgIpc) is 3.56. The van der Waals surface area contributed by atoms with Crippen molar-refractivity contribution in [3.8, 4) is 28.5 Å². The first-order chi connectivity index (χ1) is 17.0. The molecule has 1 aliphatic carbocycles. The number of ether oxygens (including phenoxy) is 2. The molecule has 1 fully saturated rings. The second-order valence-electron chi connectivity index (χ2n) is 9.73. The summed E-state index contributed by atoms with van der Waals surface area (Å²) in [7, 11) is 2.13. The van der Waals surface area contributed by atoms with Crippen molar-refractivity contribution in [3.05, 3.63) is 34.7 Å². The summed E-state index contributed by atoms with van der Waals surface area (Å²) in [5, 5.41) is 15.5. The first-order valence-electron chi connectivity index (χ1n) is 12.2. The fourth-order valence-electron chi connectivity index (χ4n) is 6.10. The summed E-state index contributed by atoms with van der Waals surface area (Å²) in [4.78, 5) is 11.4. The molecule has 9 nitrogen and oxygen atoms in total. The Morgan fingerprint density at radius 3 is 3.06 bits per heavy atom. The average molecular weight is 493 g/mol.